The van der Waals surface area contributed by atoms with Gasteiger partial charge in [0, 0.05) is 17.8 Å². The Labute approximate surface area is 126 Å². The number of aromatic nitrogens is 2. The highest BCUT2D eigenvalue weighted by Crippen LogP contribution is 2.18. The zero-order chi connectivity index (χ0) is 15.4. The van der Waals surface area contributed by atoms with Crippen LogP contribution in [0, 0.1) is 13.8 Å². The Morgan fingerprint density at radius 3 is 2.67 bits per heavy atom. The van der Waals surface area contributed by atoms with E-state index < -0.39 is 0 Å². The van der Waals surface area contributed by atoms with E-state index in [0.717, 1.165) is 29.1 Å². The Morgan fingerprint density at radius 1 is 1.33 bits per heavy atom. The molecule has 112 valence electrons. The molecular weight excluding hydrogens is 262 g/mol. The summed E-state index contributed by atoms with van der Waals surface area (Å²) in [4.78, 5) is 12.2. The third-order valence-corrected chi connectivity index (χ3v) is 3.62. The van der Waals surface area contributed by atoms with Crippen LogP contribution in [0.2, 0.25) is 0 Å². The second-order valence-corrected chi connectivity index (χ2v) is 5.48. The number of carbonyl (C=O) groups excluding carboxylic acids is 1. The first-order valence-corrected chi connectivity index (χ1v) is 7.41. The molecule has 0 saturated heterocycles. The number of nitrogens with one attached hydrogen (secondary N) is 1. The molecule has 1 amide bonds. The minimum absolute atomic E-state index is 0.0240. The Hall–Kier alpha value is -2.10. The third kappa shape index (κ3) is 3.72. The highest BCUT2D eigenvalue weighted by Gasteiger charge is 2.14. The largest absolute Gasteiger partial charge is 0.326 e. The van der Waals surface area contributed by atoms with E-state index in [0.29, 0.717) is 6.42 Å². The number of carbonyl (C=O) groups is 1. The molecule has 1 N–H and O–H groups in total. The topological polar surface area (TPSA) is 46.9 Å². The second-order valence-electron chi connectivity index (χ2n) is 5.48. The van der Waals surface area contributed by atoms with Crippen LogP contribution in [-0.4, -0.2) is 15.7 Å². The van der Waals surface area contributed by atoms with Crippen LogP contribution in [0.4, 0.5) is 5.69 Å². The number of hydrogen-bond acceptors (Lipinski definition) is 2. The van der Waals surface area contributed by atoms with Crippen LogP contribution in [0.15, 0.2) is 30.3 Å². The smallest absolute Gasteiger partial charge is 0.226 e. The maximum absolute atomic E-state index is 12.2. The fraction of sp³-hybridized carbons (Fsp3) is 0.412. The van der Waals surface area contributed by atoms with Crippen molar-refractivity contribution in [3.63, 3.8) is 0 Å². The summed E-state index contributed by atoms with van der Waals surface area (Å²) in [6.07, 6.45) is 1.32. The molecule has 1 aromatic carbocycles. The van der Waals surface area contributed by atoms with Crippen molar-refractivity contribution in [3.8, 4) is 0 Å². The third-order valence-electron chi connectivity index (χ3n) is 3.62. The van der Waals surface area contributed by atoms with Gasteiger partial charge in [-0.2, -0.15) is 5.10 Å². The summed E-state index contributed by atoms with van der Waals surface area (Å²) < 4.78 is 1.92. The predicted molar refractivity (Wildman–Crippen MR) is 85.5 cm³/mol. The molecule has 0 radical (unpaired) electrons. The van der Waals surface area contributed by atoms with Gasteiger partial charge in [-0.3, -0.25) is 9.48 Å². The molecule has 4 nitrogen and oxygen atoms in total. The lowest BCUT2D eigenvalue weighted by Gasteiger charge is -2.15. The molecule has 1 aromatic heterocycles. The van der Waals surface area contributed by atoms with Crippen molar-refractivity contribution in [3.05, 3.63) is 47.3 Å². The number of aryl methyl sites for hydroxylation is 3. The van der Waals surface area contributed by atoms with Gasteiger partial charge in [0.15, 0.2) is 0 Å². The summed E-state index contributed by atoms with van der Waals surface area (Å²) >= 11 is 0. The molecule has 0 bridgehead atoms. The zero-order valence-electron chi connectivity index (χ0n) is 13.2. The molecule has 2 aromatic rings. The number of amides is 1. The normalized spacial score (nSPS) is 12.2. The van der Waals surface area contributed by atoms with Gasteiger partial charge in [-0.05, 0) is 44.9 Å². The van der Waals surface area contributed by atoms with Crippen molar-refractivity contribution in [1.29, 1.82) is 0 Å². The van der Waals surface area contributed by atoms with Crippen LogP contribution in [0.5, 0.6) is 0 Å². The number of rotatable bonds is 5. The van der Waals surface area contributed by atoms with Gasteiger partial charge in [-0.1, -0.05) is 25.1 Å². The zero-order valence-corrected chi connectivity index (χ0v) is 13.2. The van der Waals surface area contributed by atoms with E-state index in [1.807, 2.05) is 55.8 Å². The van der Waals surface area contributed by atoms with Crippen LogP contribution >= 0.6 is 0 Å². The summed E-state index contributed by atoms with van der Waals surface area (Å²) in [5.41, 5.74) is 4.13. The molecule has 0 spiro atoms. The molecule has 1 atom stereocenters. The summed E-state index contributed by atoms with van der Waals surface area (Å²) in [5, 5.41) is 7.45. The van der Waals surface area contributed by atoms with E-state index >= 15 is 0 Å². The lowest BCUT2D eigenvalue weighted by Crippen LogP contribution is -2.19. The molecule has 0 saturated carbocycles. The summed E-state index contributed by atoms with van der Waals surface area (Å²) in [6, 6.07) is 10.0. The van der Waals surface area contributed by atoms with Gasteiger partial charge in [-0.15, -0.1) is 0 Å². The highest BCUT2D eigenvalue weighted by molar-refractivity contribution is 5.91. The van der Waals surface area contributed by atoms with E-state index in [2.05, 4.69) is 17.3 Å². The molecule has 21 heavy (non-hydrogen) atoms. The molecule has 1 heterocycles. The summed E-state index contributed by atoms with van der Waals surface area (Å²) in [5.74, 6) is 0.0240. The minimum atomic E-state index is 0.0240. The maximum Gasteiger partial charge on any atom is 0.226 e. The average Bonchev–Trinajstić information content (AvgIpc) is 2.78. The number of benzene rings is 1. The number of hydrogen-bond donors (Lipinski definition) is 1. The molecule has 0 aliphatic heterocycles. The first kappa shape index (κ1) is 15.3. The van der Waals surface area contributed by atoms with E-state index in [1.165, 1.54) is 0 Å². The van der Waals surface area contributed by atoms with E-state index in [4.69, 9.17) is 0 Å². The van der Waals surface area contributed by atoms with Crippen molar-refractivity contribution in [2.24, 2.45) is 0 Å². The van der Waals surface area contributed by atoms with Crippen molar-refractivity contribution < 1.29 is 4.79 Å². The summed E-state index contributed by atoms with van der Waals surface area (Å²) in [6.45, 7) is 8.09. The molecule has 0 aliphatic carbocycles. The van der Waals surface area contributed by atoms with Crippen LogP contribution in [-0.2, 0) is 11.2 Å². The second kappa shape index (κ2) is 6.57. The van der Waals surface area contributed by atoms with Crippen molar-refractivity contribution in [2.45, 2.75) is 46.6 Å². The van der Waals surface area contributed by atoms with Gasteiger partial charge < -0.3 is 5.32 Å². The number of nitrogens with zero attached hydrogens (tertiary/aromatic N) is 2. The lowest BCUT2D eigenvalue weighted by atomic mass is 10.1. The van der Waals surface area contributed by atoms with Gasteiger partial charge in [-0.25, -0.2) is 0 Å². The Morgan fingerprint density at radius 2 is 2.05 bits per heavy atom. The fourth-order valence-corrected chi connectivity index (χ4v) is 2.60. The Balaban J connectivity index is 2.03. The summed E-state index contributed by atoms with van der Waals surface area (Å²) in [7, 11) is 0. The average molecular weight is 285 g/mol. The van der Waals surface area contributed by atoms with E-state index in [1.54, 1.807) is 0 Å². The van der Waals surface area contributed by atoms with E-state index in [-0.39, 0.29) is 11.9 Å². The van der Waals surface area contributed by atoms with Gasteiger partial charge in [0.05, 0.1) is 11.7 Å². The van der Waals surface area contributed by atoms with Crippen LogP contribution in [0.3, 0.4) is 0 Å². The maximum atomic E-state index is 12.2. The lowest BCUT2D eigenvalue weighted by molar-refractivity contribution is -0.116. The first-order valence-electron chi connectivity index (χ1n) is 7.41. The van der Waals surface area contributed by atoms with Gasteiger partial charge >= 0.3 is 0 Å². The SMILES string of the molecule is CCc1ccccc1NC(=O)C[C@H](C)n1nc(C)cc1C. The Bertz CT molecular complexity index is 631. The van der Waals surface area contributed by atoms with Crippen LogP contribution in [0.1, 0.15) is 43.3 Å². The van der Waals surface area contributed by atoms with Crippen molar-refractivity contribution in [1.82, 2.24) is 9.78 Å². The van der Waals surface area contributed by atoms with Crippen molar-refractivity contribution >= 4 is 11.6 Å². The monoisotopic (exact) mass is 285 g/mol. The van der Waals surface area contributed by atoms with Crippen molar-refractivity contribution in [2.75, 3.05) is 5.32 Å². The molecule has 0 fully saturated rings. The molecule has 2 rings (SSSR count). The first-order chi connectivity index (χ1) is 10.0. The number of para-hydroxylation sites is 1. The fourth-order valence-electron chi connectivity index (χ4n) is 2.60. The van der Waals surface area contributed by atoms with Gasteiger partial charge in [0.1, 0.15) is 0 Å². The number of anilines is 1. The van der Waals surface area contributed by atoms with E-state index in [9.17, 15) is 4.79 Å². The molecule has 4 heteroatoms. The highest BCUT2D eigenvalue weighted by atomic mass is 16.1. The van der Waals surface area contributed by atoms with Crippen LogP contribution < -0.4 is 5.32 Å². The van der Waals surface area contributed by atoms with Crippen LogP contribution in [0.25, 0.3) is 0 Å². The van der Waals surface area contributed by atoms with Gasteiger partial charge in [0.25, 0.3) is 0 Å². The molecule has 0 aliphatic rings. The predicted octanol–water partition coefficient (Wildman–Crippen LogP) is 3.65. The minimum Gasteiger partial charge on any atom is -0.326 e. The van der Waals surface area contributed by atoms with Gasteiger partial charge in [0.2, 0.25) is 5.91 Å². The molecular formula is C17H23N3O. The standard InChI is InChI=1S/C17H23N3O/c1-5-15-8-6-7-9-16(15)18-17(21)11-14(4)20-13(3)10-12(2)19-20/h6-10,14H,5,11H2,1-4H3,(H,18,21)/t14-/m0/s1. The Kier molecular flexibility index (Phi) is 4.78. The molecule has 0 unspecified atom stereocenters. The quantitative estimate of drug-likeness (QED) is 0.911.